The average Bonchev–Trinajstić information content (AvgIpc) is 2.31. The Morgan fingerprint density at radius 1 is 1.18 bits per heavy atom. The number of hydrogen-bond acceptors (Lipinski definition) is 2. The Kier molecular flexibility index (Phi) is 3.44. The van der Waals surface area contributed by atoms with E-state index in [-0.39, 0.29) is 0 Å². The Morgan fingerprint density at radius 3 is 2.59 bits per heavy atom. The van der Waals surface area contributed by atoms with Gasteiger partial charge in [-0.25, -0.2) is 8.78 Å². The highest BCUT2D eigenvalue weighted by Crippen LogP contribution is 2.21. The van der Waals surface area contributed by atoms with Crippen LogP contribution in [0.25, 0.3) is 11.3 Å². The summed E-state index contributed by atoms with van der Waals surface area (Å²) in [6.07, 6.45) is 1.68. The Hall–Kier alpha value is -1.81. The van der Waals surface area contributed by atoms with Crippen LogP contribution in [0, 0.1) is 11.6 Å². The van der Waals surface area contributed by atoms with Crippen LogP contribution < -0.4 is 5.32 Å². The van der Waals surface area contributed by atoms with Crippen molar-refractivity contribution in [2.45, 2.75) is 6.54 Å². The van der Waals surface area contributed by atoms with E-state index in [1.165, 1.54) is 12.1 Å². The summed E-state index contributed by atoms with van der Waals surface area (Å²) in [6, 6.07) is 7.06. The maximum absolute atomic E-state index is 13.5. The molecule has 2 nitrogen and oxygen atoms in total. The second-order valence-electron chi connectivity index (χ2n) is 3.71. The van der Waals surface area contributed by atoms with Crippen molar-refractivity contribution in [3.05, 3.63) is 53.7 Å². The molecular weight excluding hydrogens is 222 g/mol. The molecular formula is C13H12F2N2. The van der Waals surface area contributed by atoms with Crippen LogP contribution >= 0.6 is 0 Å². The van der Waals surface area contributed by atoms with E-state index in [9.17, 15) is 8.78 Å². The fourth-order valence-corrected chi connectivity index (χ4v) is 1.59. The van der Waals surface area contributed by atoms with Crippen LogP contribution in [-0.2, 0) is 6.54 Å². The van der Waals surface area contributed by atoms with Gasteiger partial charge in [-0.2, -0.15) is 0 Å². The van der Waals surface area contributed by atoms with Crippen LogP contribution in [0.5, 0.6) is 0 Å². The predicted octanol–water partition coefficient (Wildman–Crippen LogP) is 2.75. The lowest BCUT2D eigenvalue weighted by atomic mass is 10.1. The van der Waals surface area contributed by atoms with Crippen LogP contribution in [0.15, 0.2) is 36.5 Å². The Labute approximate surface area is 98.3 Å². The molecule has 0 radical (unpaired) electrons. The zero-order valence-electron chi connectivity index (χ0n) is 9.37. The summed E-state index contributed by atoms with van der Waals surface area (Å²) in [5.74, 6) is -1.18. The minimum atomic E-state index is -0.598. The SMILES string of the molecule is CNCc1ccc(-c2ccc(F)cc2F)nc1. The van der Waals surface area contributed by atoms with Crippen LogP contribution in [0.3, 0.4) is 0 Å². The maximum Gasteiger partial charge on any atom is 0.135 e. The number of pyridine rings is 1. The molecule has 1 heterocycles. The molecule has 88 valence electrons. The molecule has 0 aliphatic carbocycles. The van der Waals surface area contributed by atoms with Crippen molar-refractivity contribution >= 4 is 0 Å². The molecule has 0 saturated carbocycles. The molecule has 2 rings (SSSR count). The molecule has 0 fully saturated rings. The quantitative estimate of drug-likeness (QED) is 0.883. The molecule has 0 bridgehead atoms. The van der Waals surface area contributed by atoms with Crippen molar-refractivity contribution in [3.8, 4) is 11.3 Å². The fourth-order valence-electron chi connectivity index (χ4n) is 1.59. The Morgan fingerprint density at radius 2 is 2.00 bits per heavy atom. The first-order chi connectivity index (χ1) is 8.20. The summed E-state index contributed by atoms with van der Waals surface area (Å²) < 4.78 is 26.3. The van der Waals surface area contributed by atoms with Gasteiger partial charge >= 0.3 is 0 Å². The van der Waals surface area contributed by atoms with Crippen LogP contribution in [0.1, 0.15) is 5.56 Å². The van der Waals surface area contributed by atoms with E-state index in [1.807, 2.05) is 13.1 Å². The zero-order valence-corrected chi connectivity index (χ0v) is 9.37. The standard InChI is InChI=1S/C13H12F2N2/c1-16-7-9-2-5-13(17-8-9)11-4-3-10(14)6-12(11)15/h2-6,8,16H,7H2,1H3. The number of nitrogens with one attached hydrogen (secondary N) is 1. The Bertz CT molecular complexity index is 509. The van der Waals surface area contributed by atoms with Crippen molar-refractivity contribution in [2.75, 3.05) is 7.05 Å². The molecule has 0 aliphatic rings. The van der Waals surface area contributed by atoms with Crippen molar-refractivity contribution in [1.82, 2.24) is 10.3 Å². The van der Waals surface area contributed by atoms with E-state index >= 15 is 0 Å². The van der Waals surface area contributed by atoms with Crippen molar-refractivity contribution in [2.24, 2.45) is 0 Å². The number of benzene rings is 1. The third kappa shape index (κ3) is 2.65. The van der Waals surface area contributed by atoms with Crippen molar-refractivity contribution < 1.29 is 8.78 Å². The predicted molar refractivity (Wildman–Crippen MR) is 62.4 cm³/mol. The van der Waals surface area contributed by atoms with Gasteiger partial charge in [0.15, 0.2) is 0 Å². The lowest BCUT2D eigenvalue weighted by Gasteiger charge is -2.04. The fraction of sp³-hybridized carbons (Fsp3) is 0.154. The minimum Gasteiger partial charge on any atom is -0.316 e. The topological polar surface area (TPSA) is 24.9 Å². The lowest BCUT2D eigenvalue weighted by molar-refractivity contribution is 0.585. The van der Waals surface area contributed by atoms with Gasteiger partial charge in [0.1, 0.15) is 11.6 Å². The molecule has 0 spiro atoms. The summed E-state index contributed by atoms with van der Waals surface area (Å²) in [4.78, 5) is 4.16. The van der Waals surface area contributed by atoms with E-state index in [0.717, 1.165) is 11.6 Å². The summed E-state index contributed by atoms with van der Waals surface area (Å²) in [6.45, 7) is 0.708. The second-order valence-corrected chi connectivity index (χ2v) is 3.71. The van der Waals surface area contributed by atoms with Gasteiger partial charge in [0.25, 0.3) is 0 Å². The van der Waals surface area contributed by atoms with Gasteiger partial charge in [0, 0.05) is 24.4 Å². The summed E-state index contributed by atoms with van der Waals surface area (Å²) >= 11 is 0. The molecule has 1 aromatic carbocycles. The van der Waals surface area contributed by atoms with E-state index in [1.54, 1.807) is 12.3 Å². The Balaban J connectivity index is 2.33. The minimum absolute atomic E-state index is 0.308. The van der Waals surface area contributed by atoms with Crippen LogP contribution in [0.2, 0.25) is 0 Å². The number of halogens is 2. The molecule has 0 amide bonds. The normalized spacial score (nSPS) is 10.5. The van der Waals surface area contributed by atoms with Crippen molar-refractivity contribution in [1.29, 1.82) is 0 Å². The smallest absolute Gasteiger partial charge is 0.135 e. The van der Waals surface area contributed by atoms with Crippen LogP contribution in [0.4, 0.5) is 8.78 Å². The third-order valence-electron chi connectivity index (χ3n) is 2.41. The molecule has 0 atom stereocenters. The highest BCUT2D eigenvalue weighted by molar-refractivity contribution is 5.59. The van der Waals surface area contributed by atoms with Crippen LogP contribution in [-0.4, -0.2) is 12.0 Å². The van der Waals surface area contributed by atoms with Gasteiger partial charge in [0.05, 0.1) is 5.69 Å². The number of rotatable bonds is 3. The van der Waals surface area contributed by atoms with Gasteiger partial charge < -0.3 is 5.32 Å². The monoisotopic (exact) mass is 234 g/mol. The van der Waals surface area contributed by atoms with Crippen molar-refractivity contribution in [3.63, 3.8) is 0 Å². The maximum atomic E-state index is 13.5. The summed E-state index contributed by atoms with van der Waals surface area (Å²) in [5, 5.41) is 3.00. The van der Waals surface area contributed by atoms with Gasteiger partial charge in [-0.05, 0) is 30.8 Å². The van der Waals surface area contributed by atoms with E-state index < -0.39 is 11.6 Å². The third-order valence-corrected chi connectivity index (χ3v) is 2.41. The number of nitrogens with zero attached hydrogens (tertiary/aromatic N) is 1. The summed E-state index contributed by atoms with van der Waals surface area (Å²) in [5.41, 5.74) is 1.82. The molecule has 4 heteroatoms. The molecule has 0 aliphatic heterocycles. The van der Waals surface area contributed by atoms with E-state index in [0.29, 0.717) is 17.8 Å². The van der Waals surface area contributed by atoms with Gasteiger partial charge in [0.2, 0.25) is 0 Å². The average molecular weight is 234 g/mol. The van der Waals surface area contributed by atoms with E-state index in [2.05, 4.69) is 10.3 Å². The number of hydrogen-bond donors (Lipinski definition) is 1. The zero-order chi connectivity index (χ0) is 12.3. The molecule has 2 aromatic rings. The summed E-state index contributed by atoms with van der Waals surface area (Å²) in [7, 11) is 1.84. The first-order valence-electron chi connectivity index (χ1n) is 5.25. The van der Waals surface area contributed by atoms with Gasteiger partial charge in [-0.15, -0.1) is 0 Å². The molecule has 0 unspecified atom stereocenters. The first-order valence-corrected chi connectivity index (χ1v) is 5.25. The molecule has 0 saturated heterocycles. The highest BCUT2D eigenvalue weighted by atomic mass is 19.1. The molecule has 1 N–H and O–H groups in total. The molecule has 17 heavy (non-hydrogen) atoms. The lowest BCUT2D eigenvalue weighted by Crippen LogP contribution is -2.05. The van der Waals surface area contributed by atoms with Gasteiger partial charge in [-0.1, -0.05) is 6.07 Å². The van der Waals surface area contributed by atoms with E-state index in [4.69, 9.17) is 0 Å². The molecule has 1 aromatic heterocycles. The largest absolute Gasteiger partial charge is 0.316 e. The second kappa shape index (κ2) is 5.01. The first kappa shape index (κ1) is 11.7. The highest BCUT2D eigenvalue weighted by Gasteiger charge is 2.07. The van der Waals surface area contributed by atoms with Gasteiger partial charge in [-0.3, -0.25) is 4.98 Å². The number of aromatic nitrogens is 1.